The van der Waals surface area contributed by atoms with Crippen molar-refractivity contribution in [3.8, 4) is 5.75 Å². The van der Waals surface area contributed by atoms with Gasteiger partial charge in [0.05, 0.1) is 7.11 Å². The first-order valence-electron chi connectivity index (χ1n) is 9.04. The standard InChI is InChI=1S/C22H25NO3/c1-15-12-16(2)14-19(13-15)22(25)23-10-8-18(9-11-23)21(24)17-4-6-20(26-3)7-5-17/h4-7,12-14,18H,8-11H2,1-3H3. The quantitative estimate of drug-likeness (QED) is 0.781. The van der Waals surface area contributed by atoms with E-state index in [0.717, 1.165) is 22.4 Å². The fourth-order valence-corrected chi connectivity index (χ4v) is 3.62. The third-order valence-corrected chi connectivity index (χ3v) is 5.00. The zero-order valence-corrected chi connectivity index (χ0v) is 15.6. The summed E-state index contributed by atoms with van der Waals surface area (Å²) in [5.41, 5.74) is 3.64. The number of ketones is 1. The van der Waals surface area contributed by atoms with Gasteiger partial charge >= 0.3 is 0 Å². The number of rotatable bonds is 4. The van der Waals surface area contributed by atoms with E-state index in [-0.39, 0.29) is 17.6 Å². The summed E-state index contributed by atoms with van der Waals surface area (Å²) in [5, 5.41) is 0. The Balaban J connectivity index is 1.62. The van der Waals surface area contributed by atoms with Crippen molar-refractivity contribution in [1.82, 2.24) is 4.90 Å². The molecule has 0 unspecified atom stereocenters. The van der Waals surface area contributed by atoms with Crippen molar-refractivity contribution in [3.63, 3.8) is 0 Å². The van der Waals surface area contributed by atoms with Crippen molar-refractivity contribution < 1.29 is 14.3 Å². The summed E-state index contributed by atoms with van der Waals surface area (Å²) >= 11 is 0. The third kappa shape index (κ3) is 3.96. The lowest BCUT2D eigenvalue weighted by Gasteiger charge is -2.31. The predicted molar refractivity (Wildman–Crippen MR) is 102 cm³/mol. The van der Waals surface area contributed by atoms with Crippen LogP contribution in [0.2, 0.25) is 0 Å². The molecule has 26 heavy (non-hydrogen) atoms. The van der Waals surface area contributed by atoms with Gasteiger partial charge in [-0.25, -0.2) is 0 Å². The van der Waals surface area contributed by atoms with Gasteiger partial charge in [-0.3, -0.25) is 9.59 Å². The molecule has 0 atom stereocenters. The Morgan fingerprint density at radius 2 is 1.50 bits per heavy atom. The van der Waals surface area contributed by atoms with Gasteiger partial charge in [-0.15, -0.1) is 0 Å². The van der Waals surface area contributed by atoms with Crippen LogP contribution in [0.4, 0.5) is 0 Å². The third-order valence-electron chi connectivity index (χ3n) is 5.00. The number of benzene rings is 2. The first-order valence-corrected chi connectivity index (χ1v) is 9.04. The van der Waals surface area contributed by atoms with Crippen molar-refractivity contribution in [2.24, 2.45) is 5.92 Å². The maximum Gasteiger partial charge on any atom is 0.253 e. The number of likely N-dealkylation sites (tertiary alicyclic amines) is 1. The molecule has 4 heteroatoms. The molecule has 1 aliphatic heterocycles. The van der Waals surface area contributed by atoms with E-state index in [1.54, 1.807) is 7.11 Å². The van der Waals surface area contributed by atoms with Crippen molar-refractivity contribution >= 4 is 11.7 Å². The fraction of sp³-hybridized carbons (Fsp3) is 0.364. The minimum atomic E-state index is -0.0216. The minimum absolute atomic E-state index is 0.0216. The van der Waals surface area contributed by atoms with Gasteiger partial charge < -0.3 is 9.64 Å². The second-order valence-corrected chi connectivity index (χ2v) is 7.04. The molecule has 0 aromatic heterocycles. The van der Waals surface area contributed by atoms with Crippen LogP contribution in [0.25, 0.3) is 0 Å². The molecule has 4 nitrogen and oxygen atoms in total. The van der Waals surface area contributed by atoms with Gasteiger partial charge in [-0.2, -0.15) is 0 Å². The van der Waals surface area contributed by atoms with E-state index in [9.17, 15) is 9.59 Å². The van der Waals surface area contributed by atoms with Crippen LogP contribution in [0.3, 0.4) is 0 Å². The molecule has 1 amide bonds. The van der Waals surface area contributed by atoms with Crippen LogP contribution < -0.4 is 4.74 Å². The number of aryl methyl sites for hydroxylation is 2. The number of piperidine rings is 1. The SMILES string of the molecule is COc1ccc(C(=O)C2CCN(C(=O)c3cc(C)cc(C)c3)CC2)cc1. The van der Waals surface area contributed by atoms with Gasteiger partial charge in [-0.05, 0) is 63.1 Å². The van der Waals surface area contributed by atoms with Crippen LogP contribution in [0.1, 0.15) is 44.7 Å². The molecule has 0 radical (unpaired) electrons. The molecular weight excluding hydrogens is 326 g/mol. The lowest BCUT2D eigenvalue weighted by Crippen LogP contribution is -2.40. The molecule has 2 aromatic rings. The number of Topliss-reactive ketones (excluding diaryl/α,β-unsaturated/α-hetero) is 1. The predicted octanol–water partition coefficient (Wildman–Crippen LogP) is 4.05. The molecule has 1 saturated heterocycles. The highest BCUT2D eigenvalue weighted by Crippen LogP contribution is 2.24. The molecule has 136 valence electrons. The molecule has 0 spiro atoms. The topological polar surface area (TPSA) is 46.6 Å². The number of carbonyl (C=O) groups is 2. The van der Waals surface area contributed by atoms with Crippen LogP contribution in [-0.4, -0.2) is 36.8 Å². The van der Waals surface area contributed by atoms with Gasteiger partial charge in [0, 0.05) is 30.1 Å². The van der Waals surface area contributed by atoms with Crippen LogP contribution >= 0.6 is 0 Å². The molecule has 2 aromatic carbocycles. The number of amides is 1. The monoisotopic (exact) mass is 351 g/mol. The van der Waals surface area contributed by atoms with Crippen molar-refractivity contribution in [1.29, 1.82) is 0 Å². The Bertz CT molecular complexity index is 782. The smallest absolute Gasteiger partial charge is 0.253 e. The minimum Gasteiger partial charge on any atom is -0.497 e. The summed E-state index contributed by atoms with van der Waals surface area (Å²) in [6, 6.07) is 13.2. The zero-order valence-electron chi connectivity index (χ0n) is 15.6. The maximum absolute atomic E-state index is 12.7. The van der Waals surface area contributed by atoms with E-state index < -0.39 is 0 Å². The Morgan fingerprint density at radius 3 is 2.04 bits per heavy atom. The molecule has 0 saturated carbocycles. The number of methoxy groups -OCH3 is 1. The number of hydrogen-bond acceptors (Lipinski definition) is 3. The normalized spacial score (nSPS) is 15.0. The first-order chi connectivity index (χ1) is 12.5. The second-order valence-electron chi connectivity index (χ2n) is 7.04. The fourth-order valence-electron chi connectivity index (χ4n) is 3.62. The van der Waals surface area contributed by atoms with Crippen molar-refractivity contribution in [2.45, 2.75) is 26.7 Å². The Morgan fingerprint density at radius 1 is 0.923 bits per heavy atom. The average Bonchev–Trinajstić information content (AvgIpc) is 2.66. The molecule has 0 N–H and O–H groups in total. The molecule has 1 aliphatic rings. The summed E-state index contributed by atoms with van der Waals surface area (Å²) in [6.07, 6.45) is 1.42. The van der Waals surface area contributed by atoms with Gasteiger partial charge in [-0.1, -0.05) is 17.2 Å². The Kier molecular flexibility index (Phi) is 5.40. The zero-order chi connectivity index (χ0) is 18.7. The maximum atomic E-state index is 12.7. The summed E-state index contributed by atoms with van der Waals surface area (Å²) in [6.45, 7) is 5.25. The highest BCUT2D eigenvalue weighted by Gasteiger charge is 2.28. The Labute approximate surface area is 154 Å². The van der Waals surface area contributed by atoms with Gasteiger partial charge in [0.15, 0.2) is 5.78 Å². The van der Waals surface area contributed by atoms with Crippen LogP contribution in [0, 0.1) is 19.8 Å². The van der Waals surface area contributed by atoms with E-state index in [0.29, 0.717) is 31.5 Å². The van der Waals surface area contributed by atoms with Gasteiger partial charge in [0.25, 0.3) is 5.91 Å². The number of nitrogens with zero attached hydrogens (tertiary/aromatic N) is 1. The van der Waals surface area contributed by atoms with E-state index >= 15 is 0 Å². The van der Waals surface area contributed by atoms with E-state index in [4.69, 9.17) is 4.74 Å². The van der Waals surface area contributed by atoms with Crippen molar-refractivity contribution in [2.75, 3.05) is 20.2 Å². The molecule has 0 aliphatic carbocycles. The number of hydrogen-bond donors (Lipinski definition) is 0. The first kappa shape index (κ1) is 18.2. The lowest BCUT2D eigenvalue weighted by atomic mass is 9.88. The van der Waals surface area contributed by atoms with Gasteiger partial charge in [0.1, 0.15) is 5.75 Å². The molecule has 3 rings (SSSR count). The number of carbonyl (C=O) groups excluding carboxylic acids is 2. The summed E-state index contributed by atoms with van der Waals surface area (Å²) < 4.78 is 5.14. The van der Waals surface area contributed by atoms with Gasteiger partial charge in [0.2, 0.25) is 0 Å². The highest BCUT2D eigenvalue weighted by molar-refractivity contribution is 5.98. The average molecular weight is 351 g/mol. The molecular formula is C22H25NO3. The van der Waals surface area contributed by atoms with Crippen LogP contribution in [0.15, 0.2) is 42.5 Å². The lowest BCUT2D eigenvalue weighted by molar-refractivity contribution is 0.0650. The van der Waals surface area contributed by atoms with Crippen LogP contribution in [-0.2, 0) is 0 Å². The van der Waals surface area contributed by atoms with Crippen LogP contribution in [0.5, 0.6) is 5.75 Å². The molecule has 1 heterocycles. The summed E-state index contributed by atoms with van der Waals surface area (Å²) in [5.74, 6) is 0.945. The van der Waals surface area contributed by atoms with E-state index in [1.165, 1.54) is 0 Å². The van der Waals surface area contributed by atoms with E-state index in [1.807, 2.05) is 55.1 Å². The highest BCUT2D eigenvalue weighted by atomic mass is 16.5. The summed E-state index contributed by atoms with van der Waals surface area (Å²) in [4.78, 5) is 27.3. The number of ether oxygens (including phenoxy) is 1. The van der Waals surface area contributed by atoms with Crippen molar-refractivity contribution in [3.05, 3.63) is 64.7 Å². The Hall–Kier alpha value is -2.62. The second kappa shape index (κ2) is 7.73. The van der Waals surface area contributed by atoms with E-state index in [2.05, 4.69) is 6.07 Å². The largest absolute Gasteiger partial charge is 0.497 e. The summed E-state index contributed by atoms with van der Waals surface area (Å²) in [7, 11) is 1.61. The molecule has 1 fully saturated rings. The molecule has 0 bridgehead atoms.